The maximum Gasteiger partial charge on any atom is 0.323 e. The number of rotatable bonds is 7. The highest BCUT2D eigenvalue weighted by Gasteiger charge is 2.32. The Hall–Kier alpha value is -1.18. The maximum absolute atomic E-state index is 11.6. The number of carbonyl (C=O) groups excluding carboxylic acids is 1. The number of esters is 1. The summed E-state index contributed by atoms with van der Waals surface area (Å²) < 4.78 is 5.16. The van der Waals surface area contributed by atoms with Gasteiger partial charge in [-0.05, 0) is 19.4 Å². The van der Waals surface area contributed by atoms with E-state index >= 15 is 0 Å². The Labute approximate surface area is 106 Å². The molecule has 0 spiro atoms. The van der Waals surface area contributed by atoms with Crippen LogP contribution in [0.5, 0.6) is 0 Å². The van der Waals surface area contributed by atoms with Crippen LogP contribution >= 0.6 is 0 Å². The highest BCUT2D eigenvalue weighted by Crippen LogP contribution is 2.12. The van der Waals surface area contributed by atoms with Crippen LogP contribution in [0.4, 0.5) is 0 Å². The molecule has 0 amide bonds. The van der Waals surface area contributed by atoms with Crippen molar-refractivity contribution >= 4 is 11.9 Å². The van der Waals surface area contributed by atoms with Gasteiger partial charge in [-0.3, -0.25) is 9.59 Å². The van der Waals surface area contributed by atoms with Crippen LogP contribution in [0.1, 0.15) is 25.7 Å². The van der Waals surface area contributed by atoms with Crippen molar-refractivity contribution in [1.29, 1.82) is 0 Å². The van der Waals surface area contributed by atoms with Crippen molar-refractivity contribution in [3.63, 3.8) is 0 Å². The zero-order valence-electron chi connectivity index (χ0n) is 10.3. The summed E-state index contributed by atoms with van der Waals surface area (Å²) in [6.07, 6.45) is 2.04. The van der Waals surface area contributed by atoms with E-state index in [2.05, 4.69) is 5.32 Å². The summed E-state index contributed by atoms with van der Waals surface area (Å²) in [6, 6.07) is -1.29. The summed E-state index contributed by atoms with van der Waals surface area (Å²) in [7, 11) is 0. The first-order valence-electron chi connectivity index (χ1n) is 6.17. The normalized spacial score (nSPS) is 24.8. The Morgan fingerprint density at radius 2 is 2.17 bits per heavy atom. The van der Waals surface area contributed by atoms with Gasteiger partial charge in [-0.2, -0.15) is 0 Å². The predicted molar refractivity (Wildman–Crippen MR) is 64.8 cm³/mol. The molecule has 0 aromatic carbocycles. The smallest absolute Gasteiger partial charge is 0.323 e. The molecular formula is C11H21N3O4. The van der Waals surface area contributed by atoms with Crippen LogP contribution < -0.4 is 16.8 Å². The lowest BCUT2D eigenvalue weighted by atomic mass is 10.1. The first kappa shape index (κ1) is 14.9. The summed E-state index contributed by atoms with van der Waals surface area (Å²) in [4.78, 5) is 22.3. The van der Waals surface area contributed by atoms with Gasteiger partial charge in [0.1, 0.15) is 18.2 Å². The lowest BCUT2D eigenvalue weighted by Crippen LogP contribution is -2.35. The van der Waals surface area contributed by atoms with Crippen molar-refractivity contribution in [1.82, 2.24) is 5.32 Å². The SMILES string of the molecule is NCCCC[C@H](N)C(=O)OC1CN[C@H](C(=O)O)C1. The van der Waals surface area contributed by atoms with Crippen molar-refractivity contribution in [3.05, 3.63) is 0 Å². The number of carboxylic acids is 1. The Balaban J connectivity index is 2.26. The molecule has 7 nitrogen and oxygen atoms in total. The summed E-state index contributed by atoms with van der Waals surface area (Å²) in [5.41, 5.74) is 11.0. The molecule has 1 unspecified atom stereocenters. The molecule has 0 radical (unpaired) electrons. The highest BCUT2D eigenvalue weighted by atomic mass is 16.5. The lowest BCUT2D eigenvalue weighted by Gasteiger charge is -2.15. The van der Waals surface area contributed by atoms with Gasteiger partial charge in [0.2, 0.25) is 0 Å². The molecule has 104 valence electrons. The quantitative estimate of drug-likeness (QED) is 0.334. The molecule has 1 saturated heterocycles. The molecule has 18 heavy (non-hydrogen) atoms. The number of ether oxygens (including phenoxy) is 1. The summed E-state index contributed by atoms with van der Waals surface area (Å²) in [5.74, 6) is -1.40. The predicted octanol–water partition coefficient (Wildman–Crippen LogP) is -1.20. The van der Waals surface area contributed by atoms with Gasteiger partial charge in [0.05, 0.1) is 0 Å². The van der Waals surface area contributed by atoms with E-state index in [1.807, 2.05) is 0 Å². The minimum atomic E-state index is -0.930. The summed E-state index contributed by atoms with van der Waals surface area (Å²) in [6.45, 7) is 0.937. The van der Waals surface area contributed by atoms with Crippen molar-refractivity contribution in [3.8, 4) is 0 Å². The average Bonchev–Trinajstić information content (AvgIpc) is 2.77. The third-order valence-electron chi connectivity index (χ3n) is 2.94. The van der Waals surface area contributed by atoms with E-state index in [-0.39, 0.29) is 6.42 Å². The van der Waals surface area contributed by atoms with Crippen LogP contribution in [0.15, 0.2) is 0 Å². The van der Waals surface area contributed by atoms with Crippen molar-refractivity contribution in [2.75, 3.05) is 13.1 Å². The topological polar surface area (TPSA) is 128 Å². The molecule has 0 aromatic rings. The number of carboxylic acid groups (broad SMARTS) is 1. The molecule has 0 aromatic heterocycles. The van der Waals surface area contributed by atoms with Crippen molar-refractivity contribution in [2.24, 2.45) is 11.5 Å². The fraction of sp³-hybridized carbons (Fsp3) is 0.818. The zero-order valence-corrected chi connectivity index (χ0v) is 10.3. The average molecular weight is 259 g/mol. The number of nitrogens with one attached hydrogen (secondary N) is 1. The maximum atomic E-state index is 11.6. The van der Waals surface area contributed by atoms with E-state index in [0.717, 1.165) is 12.8 Å². The van der Waals surface area contributed by atoms with Gasteiger partial charge >= 0.3 is 11.9 Å². The second-order valence-corrected chi connectivity index (χ2v) is 4.48. The molecule has 1 heterocycles. The first-order chi connectivity index (χ1) is 8.54. The van der Waals surface area contributed by atoms with Crippen LogP contribution in [0, 0.1) is 0 Å². The number of hydrogen-bond acceptors (Lipinski definition) is 6. The molecule has 3 atom stereocenters. The summed E-state index contributed by atoms with van der Waals surface area (Å²) >= 11 is 0. The molecule has 1 aliphatic rings. The number of carbonyl (C=O) groups is 2. The zero-order chi connectivity index (χ0) is 13.5. The Bertz CT molecular complexity index is 298. The molecule has 0 saturated carbocycles. The number of unbranched alkanes of at least 4 members (excludes halogenated alkanes) is 1. The Kier molecular flexibility index (Phi) is 6.03. The van der Waals surface area contributed by atoms with E-state index < -0.39 is 30.1 Å². The lowest BCUT2D eigenvalue weighted by molar-refractivity contribution is -0.150. The Morgan fingerprint density at radius 1 is 1.44 bits per heavy atom. The van der Waals surface area contributed by atoms with Crippen LogP contribution in [-0.4, -0.2) is 48.3 Å². The molecule has 1 rings (SSSR count). The van der Waals surface area contributed by atoms with Crippen LogP contribution in [0.3, 0.4) is 0 Å². The minimum Gasteiger partial charge on any atom is -0.480 e. The molecule has 0 aliphatic carbocycles. The van der Waals surface area contributed by atoms with Crippen molar-refractivity contribution in [2.45, 2.75) is 43.9 Å². The molecule has 1 fully saturated rings. The fourth-order valence-electron chi connectivity index (χ4n) is 1.86. The van der Waals surface area contributed by atoms with Gasteiger partial charge in [-0.25, -0.2) is 0 Å². The van der Waals surface area contributed by atoms with E-state index in [0.29, 0.717) is 19.5 Å². The van der Waals surface area contributed by atoms with E-state index in [1.54, 1.807) is 0 Å². The number of hydrogen-bond donors (Lipinski definition) is 4. The minimum absolute atomic E-state index is 0.288. The third-order valence-corrected chi connectivity index (χ3v) is 2.94. The molecule has 7 heteroatoms. The second kappa shape index (κ2) is 7.30. The van der Waals surface area contributed by atoms with Gasteiger partial charge in [-0.1, -0.05) is 6.42 Å². The largest absolute Gasteiger partial charge is 0.480 e. The van der Waals surface area contributed by atoms with Gasteiger partial charge in [0.15, 0.2) is 0 Å². The van der Waals surface area contributed by atoms with E-state index in [1.165, 1.54) is 0 Å². The summed E-state index contributed by atoms with van der Waals surface area (Å²) in [5, 5.41) is 11.5. The standard InChI is InChI=1S/C11H21N3O4/c12-4-2-1-3-8(13)11(17)18-7-5-9(10(15)16)14-6-7/h7-9,14H,1-6,12-13H2,(H,15,16)/t7?,8-,9-/m0/s1. The van der Waals surface area contributed by atoms with Crippen molar-refractivity contribution < 1.29 is 19.4 Å². The van der Waals surface area contributed by atoms with Gasteiger partial charge in [0.25, 0.3) is 0 Å². The van der Waals surface area contributed by atoms with Gasteiger partial charge in [0, 0.05) is 13.0 Å². The fourth-order valence-corrected chi connectivity index (χ4v) is 1.86. The van der Waals surface area contributed by atoms with Crippen LogP contribution in [-0.2, 0) is 14.3 Å². The molecule has 1 aliphatic heterocycles. The number of aliphatic carboxylic acids is 1. The van der Waals surface area contributed by atoms with Crippen LogP contribution in [0.25, 0.3) is 0 Å². The number of nitrogens with two attached hydrogens (primary N) is 2. The second-order valence-electron chi connectivity index (χ2n) is 4.48. The first-order valence-corrected chi connectivity index (χ1v) is 6.17. The monoisotopic (exact) mass is 259 g/mol. The van der Waals surface area contributed by atoms with Crippen LogP contribution in [0.2, 0.25) is 0 Å². The Morgan fingerprint density at radius 3 is 2.72 bits per heavy atom. The van der Waals surface area contributed by atoms with Gasteiger partial charge in [-0.15, -0.1) is 0 Å². The molecular weight excluding hydrogens is 238 g/mol. The van der Waals surface area contributed by atoms with Gasteiger partial charge < -0.3 is 26.6 Å². The molecule has 0 bridgehead atoms. The third kappa shape index (κ3) is 4.59. The van der Waals surface area contributed by atoms with E-state index in [4.69, 9.17) is 21.3 Å². The van der Waals surface area contributed by atoms with E-state index in [9.17, 15) is 9.59 Å². The highest BCUT2D eigenvalue weighted by molar-refractivity contribution is 5.76. The molecule has 6 N–H and O–H groups in total.